The average Bonchev–Trinajstić information content (AvgIpc) is 2.78. The summed E-state index contributed by atoms with van der Waals surface area (Å²) >= 11 is 3.71. The highest BCUT2D eigenvalue weighted by atomic mass is 79.9. The summed E-state index contributed by atoms with van der Waals surface area (Å²) < 4.78 is 5.77. The van der Waals surface area contributed by atoms with Gasteiger partial charge in [-0.25, -0.2) is 0 Å². The number of ether oxygens (including phenoxy) is 1. The third-order valence-electron chi connectivity index (χ3n) is 7.58. The van der Waals surface area contributed by atoms with Gasteiger partial charge in [-0.1, -0.05) is 22.9 Å². The first-order chi connectivity index (χ1) is 10.0. The van der Waals surface area contributed by atoms with Gasteiger partial charge in [0.1, 0.15) is 6.10 Å². The number of hydrogen-bond donors (Lipinski definition) is 1. The van der Waals surface area contributed by atoms with Gasteiger partial charge < -0.3 is 9.84 Å². The summed E-state index contributed by atoms with van der Waals surface area (Å²) in [7, 11) is 0. The Morgan fingerprint density at radius 2 is 2.29 bits per heavy atom. The molecular weight excluding hydrogens is 334 g/mol. The summed E-state index contributed by atoms with van der Waals surface area (Å²) in [6.07, 6.45) is 3.96. The molecule has 4 nitrogen and oxygen atoms in total. The van der Waals surface area contributed by atoms with Crippen molar-refractivity contribution in [1.82, 2.24) is 4.90 Å². The number of aliphatic hydroxyl groups excluding tert-OH is 1. The number of rotatable bonds is 0. The van der Waals surface area contributed by atoms with Crippen LogP contribution in [0.25, 0.3) is 0 Å². The van der Waals surface area contributed by atoms with E-state index in [1.54, 1.807) is 0 Å². The summed E-state index contributed by atoms with van der Waals surface area (Å²) in [5.74, 6) is 0.687. The predicted molar refractivity (Wildman–Crippen MR) is 80.0 cm³/mol. The Morgan fingerprint density at radius 3 is 3.05 bits per heavy atom. The van der Waals surface area contributed by atoms with Crippen LogP contribution in [0.1, 0.15) is 32.6 Å². The predicted octanol–water partition coefficient (Wildman–Crippen LogP) is 1.55. The van der Waals surface area contributed by atoms with Crippen molar-refractivity contribution in [2.24, 2.45) is 23.2 Å². The van der Waals surface area contributed by atoms with Crippen molar-refractivity contribution >= 4 is 21.9 Å². The smallest absolute Gasteiger partial charge is 0.310 e. The number of hydrogen-bond acceptors (Lipinski definition) is 4. The standard InChI is InChI=1S/C16H22BrNO3/c1-8-6-15-9-3-2-4-18(15)7-11(17)13(19)16(8,15)10-5-12(9)21-14(10)20/h8-13,19H,2-7H2,1H3. The molecule has 8 unspecified atom stereocenters. The molecule has 3 aliphatic heterocycles. The van der Waals surface area contributed by atoms with E-state index in [0.29, 0.717) is 11.8 Å². The summed E-state index contributed by atoms with van der Waals surface area (Å²) in [4.78, 5) is 15.2. The van der Waals surface area contributed by atoms with E-state index in [4.69, 9.17) is 4.74 Å². The highest BCUT2D eigenvalue weighted by molar-refractivity contribution is 9.09. The molecule has 2 bridgehead atoms. The van der Waals surface area contributed by atoms with Crippen molar-refractivity contribution < 1.29 is 14.6 Å². The molecule has 0 radical (unpaired) electrons. The largest absolute Gasteiger partial charge is 0.462 e. The maximum Gasteiger partial charge on any atom is 0.310 e. The number of halogens is 1. The van der Waals surface area contributed by atoms with Gasteiger partial charge in [-0.2, -0.15) is 0 Å². The molecule has 8 atom stereocenters. The zero-order valence-electron chi connectivity index (χ0n) is 12.3. The molecular formula is C16H22BrNO3. The van der Waals surface area contributed by atoms with Crippen LogP contribution in [0.4, 0.5) is 0 Å². The van der Waals surface area contributed by atoms with Gasteiger partial charge in [-0.15, -0.1) is 0 Å². The lowest BCUT2D eigenvalue weighted by Crippen LogP contribution is -2.87. The van der Waals surface area contributed by atoms with Gasteiger partial charge in [0.25, 0.3) is 0 Å². The zero-order valence-corrected chi connectivity index (χ0v) is 13.9. The highest BCUT2D eigenvalue weighted by Gasteiger charge is 2.82. The van der Waals surface area contributed by atoms with Crippen molar-refractivity contribution in [2.75, 3.05) is 13.1 Å². The fourth-order valence-corrected chi connectivity index (χ4v) is 7.95. The molecule has 116 valence electrons. The third-order valence-corrected chi connectivity index (χ3v) is 8.37. The number of carbonyl (C=O) groups is 1. The quantitative estimate of drug-likeness (QED) is 0.529. The number of fused-ring (bicyclic) bond motifs is 3. The topological polar surface area (TPSA) is 49.8 Å². The second-order valence-corrected chi connectivity index (χ2v) is 9.06. The van der Waals surface area contributed by atoms with Crippen LogP contribution in [0, 0.1) is 23.2 Å². The van der Waals surface area contributed by atoms with Gasteiger partial charge in [0.2, 0.25) is 0 Å². The first kappa shape index (κ1) is 13.3. The van der Waals surface area contributed by atoms with Crippen LogP contribution in [-0.2, 0) is 9.53 Å². The Morgan fingerprint density at radius 1 is 1.48 bits per heavy atom. The number of alkyl halides is 1. The summed E-state index contributed by atoms with van der Waals surface area (Å²) in [5, 5.41) is 11.1. The number of carbonyl (C=O) groups excluding carboxylic acids is 1. The molecule has 0 aromatic rings. The minimum atomic E-state index is -0.435. The van der Waals surface area contributed by atoms with E-state index in [1.165, 1.54) is 6.42 Å². The van der Waals surface area contributed by atoms with Crippen LogP contribution >= 0.6 is 15.9 Å². The lowest BCUT2D eigenvalue weighted by atomic mass is 9.33. The summed E-state index contributed by atoms with van der Waals surface area (Å²) in [5.41, 5.74) is -0.261. The minimum absolute atomic E-state index is 0.0219. The van der Waals surface area contributed by atoms with Gasteiger partial charge in [-0.3, -0.25) is 9.69 Å². The van der Waals surface area contributed by atoms with Crippen molar-refractivity contribution in [3.63, 3.8) is 0 Å². The maximum absolute atomic E-state index is 12.5. The van der Waals surface area contributed by atoms with Gasteiger partial charge in [-0.05, 0) is 38.1 Å². The Bertz CT molecular complexity index is 528. The molecule has 3 saturated heterocycles. The normalized spacial score (nSPS) is 61.6. The second kappa shape index (κ2) is 3.85. The number of aliphatic hydroxyl groups is 1. The van der Waals surface area contributed by atoms with Crippen LogP contribution < -0.4 is 0 Å². The van der Waals surface area contributed by atoms with Crippen molar-refractivity contribution in [1.29, 1.82) is 0 Å². The molecule has 5 rings (SSSR count). The van der Waals surface area contributed by atoms with Crippen molar-refractivity contribution in [2.45, 2.75) is 55.2 Å². The molecule has 1 N–H and O–H groups in total. The molecule has 21 heavy (non-hydrogen) atoms. The van der Waals surface area contributed by atoms with Gasteiger partial charge in [0.05, 0.1) is 16.8 Å². The van der Waals surface area contributed by atoms with Crippen LogP contribution in [-0.4, -0.2) is 51.6 Å². The number of nitrogens with zero attached hydrogens (tertiary/aromatic N) is 1. The Kier molecular flexibility index (Phi) is 2.44. The van der Waals surface area contributed by atoms with E-state index >= 15 is 0 Å². The van der Waals surface area contributed by atoms with Crippen LogP contribution in [0.2, 0.25) is 0 Å². The molecule has 1 spiro atoms. The average molecular weight is 356 g/mol. The van der Waals surface area contributed by atoms with E-state index in [0.717, 1.165) is 32.4 Å². The van der Waals surface area contributed by atoms with Crippen molar-refractivity contribution in [3.8, 4) is 0 Å². The van der Waals surface area contributed by atoms with Gasteiger partial charge in [0, 0.05) is 23.4 Å². The molecule has 5 fully saturated rings. The number of piperidine rings is 2. The monoisotopic (exact) mass is 355 g/mol. The highest BCUT2D eigenvalue weighted by Crippen LogP contribution is 2.75. The molecule has 0 aromatic carbocycles. The Labute approximate surface area is 133 Å². The SMILES string of the molecule is CC1CC23C4CCCN2CC(Br)C(O)C13C1CC4OC1=O. The minimum Gasteiger partial charge on any atom is -0.462 e. The van der Waals surface area contributed by atoms with Crippen molar-refractivity contribution in [3.05, 3.63) is 0 Å². The fraction of sp³-hybridized carbons (Fsp3) is 0.938. The van der Waals surface area contributed by atoms with E-state index in [1.807, 2.05) is 0 Å². The van der Waals surface area contributed by atoms with E-state index in [2.05, 4.69) is 27.8 Å². The molecule has 2 aliphatic carbocycles. The molecule has 5 aliphatic rings. The first-order valence-electron chi connectivity index (χ1n) is 8.31. The summed E-state index contributed by atoms with van der Waals surface area (Å²) in [6, 6.07) is 0. The van der Waals surface area contributed by atoms with E-state index in [9.17, 15) is 9.90 Å². The van der Waals surface area contributed by atoms with Gasteiger partial charge >= 0.3 is 5.97 Å². The fourth-order valence-electron chi connectivity index (χ4n) is 7.16. The van der Waals surface area contributed by atoms with E-state index in [-0.39, 0.29) is 33.8 Å². The first-order valence-corrected chi connectivity index (χ1v) is 9.22. The van der Waals surface area contributed by atoms with Gasteiger partial charge in [0.15, 0.2) is 0 Å². The molecule has 3 heterocycles. The third kappa shape index (κ3) is 1.16. The van der Waals surface area contributed by atoms with Crippen LogP contribution in [0.5, 0.6) is 0 Å². The molecule has 0 amide bonds. The lowest BCUT2D eigenvalue weighted by molar-refractivity contribution is -0.309. The molecule has 2 saturated carbocycles. The second-order valence-electron chi connectivity index (χ2n) is 7.88. The summed E-state index contributed by atoms with van der Waals surface area (Å²) in [6.45, 7) is 4.24. The maximum atomic E-state index is 12.5. The Balaban J connectivity index is 1.75. The Hall–Kier alpha value is -0.130. The zero-order chi connectivity index (χ0) is 14.6. The van der Waals surface area contributed by atoms with Crippen LogP contribution in [0.15, 0.2) is 0 Å². The lowest BCUT2D eigenvalue weighted by Gasteiger charge is -2.78. The molecule has 5 heteroatoms. The van der Waals surface area contributed by atoms with E-state index < -0.39 is 6.10 Å². The number of esters is 1. The molecule has 0 aromatic heterocycles. The van der Waals surface area contributed by atoms with Crippen LogP contribution in [0.3, 0.4) is 0 Å².